The molecular weight excluding hydrogens is 357 g/mol. The molecule has 18 heavy (non-hydrogen) atoms. The molecular formula is C13H16IN3S. The molecule has 0 saturated heterocycles. The van der Waals surface area contributed by atoms with E-state index in [-0.39, 0.29) is 24.0 Å². The van der Waals surface area contributed by atoms with Crippen LogP contribution in [0.15, 0.2) is 34.6 Å². The summed E-state index contributed by atoms with van der Waals surface area (Å²) in [5, 5.41) is 6.99. The first-order valence-corrected chi connectivity index (χ1v) is 6.67. The van der Waals surface area contributed by atoms with Crippen molar-refractivity contribution in [3.8, 4) is 0 Å². The molecule has 0 aliphatic carbocycles. The Morgan fingerprint density at radius 1 is 1.39 bits per heavy atom. The van der Waals surface area contributed by atoms with Gasteiger partial charge in [-0.1, -0.05) is 18.2 Å². The van der Waals surface area contributed by atoms with E-state index in [2.05, 4.69) is 51.9 Å². The van der Waals surface area contributed by atoms with E-state index in [1.54, 1.807) is 11.3 Å². The summed E-state index contributed by atoms with van der Waals surface area (Å²) in [6.07, 6.45) is 0. The third-order valence-corrected chi connectivity index (χ3v) is 4.07. The van der Waals surface area contributed by atoms with E-state index < -0.39 is 0 Å². The van der Waals surface area contributed by atoms with E-state index in [4.69, 9.17) is 0 Å². The molecule has 0 fully saturated rings. The zero-order chi connectivity index (χ0) is 11.7. The molecule has 0 bridgehead atoms. The van der Waals surface area contributed by atoms with Gasteiger partial charge in [0.25, 0.3) is 0 Å². The van der Waals surface area contributed by atoms with Crippen molar-refractivity contribution in [1.82, 2.24) is 10.2 Å². The number of halogens is 1. The third-order valence-electron chi connectivity index (χ3n) is 3.06. The Morgan fingerprint density at radius 2 is 2.22 bits per heavy atom. The van der Waals surface area contributed by atoms with Crippen LogP contribution in [0.4, 0.5) is 0 Å². The fourth-order valence-electron chi connectivity index (χ4n) is 2.07. The number of thiophene rings is 1. The Balaban J connectivity index is 0.00000120. The van der Waals surface area contributed by atoms with Crippen LogP contribution < -0.4 is 5.32 Å². The van der Waals surface area contributed by atoms with Gasteiger partial charge < -0.3 is 10.2 Å². The number of rotatable bonds is 2. The van der Waals surface area contributed by atoms with E-state index in [9.17, 15) is 0 Å². The Hall–Kier alpha value is -0.820. The lowest BCUT2D eigenvalue weighted by Gasteiger charge is -2.14. The molecule has 1 aliphatic rings. The number of hydrogen-bond acceptors (Lipinski definition) is 4. The van der Waals surface area contributed by atoms with Crippen LogP contribution in [0.25, 0.3) is 10.1 Å². The van der Waals surface area contributed by atoms with Crippen LogP contribution in [-0.4, -0.2) is 31.0 Å². The molecule has 2 heterocycles. The summed E-state index contributed by atoms with van der Waals surface area (Å²) >= 11 is 1.80. The number of hydrogen-bond donors (Lipinski definition) is 1. The molecule has 0 unspecified atom stereocenters. The molecule has 2 aromatic rings. The topological polar surface area (TPSA) is 27.6 Å². The molecule has 0 saturated carbocycles. The summed E-state index contributed by atoms with van der Waals surface area (Å²) in [6, 6.07) is 8.54. The van der Waals surface area contributed by atoms with Crippen LogP contribution in [0.3, 0.4) is 0 Å². The molecule has 1 aliphatic heterocycles. The van der Waals surface area contributed by atoms with E-state index in [0.29, 0.717) is 0 Å². The summed E-state index contributed by atoms with van der Waals surface area (Å²) in [5.74, 6) is 1.01. The van der Waals surface area contributed by atoms with Crippen molar-refractivity contribution in [1.29, 1.82) is 0 Å². The highest BCUT2D eigenvalue weighted by atomic mass is 127. The molecule has 1 aromatic heterocycles. The number of nitrogens with zero attached hydrogens (tertiary/aromatic N) is 2. The van der Waals surface area contributed by atoms with Crippen molar-refractivity contribution in [3.05, 3.63) is 35.2 Å². The molecule has 1 N–H and O–H groups in total. The molecule has 5 heteroatoms. The summed E-state index contributed by atoms with van der Waals surface area (Å²) in [4.78, 5) is 6.59. The monoisotopic (exact) mass is 373 g/mol. The summed E-state index contributed by atoms with van der Waals surface area (Å²) in [5.41, 5.74) is 1.36. The second kappa shape index (κ2) is 5.88. The minimum Gasteiger partial charge on any atom is -0.352 e. The van der Waals surface area contributed by atoms with Gasteiger partial charge in [0.15, 0.2) is 5.96 Å². The molecule has 0 atom stereocenters. The highest BCUT2D eigenvalue weighted by molar-refractivity contribution is 14.0. The molecule has 0 spiro atoms. The van der Waals surface area contributed by atoms with Crippen molar-refractivity contribution >= 4 is 51.4 Å². The van der Waals surface area contributed by atoms with Crippen molar-refractivity contribution in [3.63, 3.8) is 0 Å². The Kier molecular flexibility index (Phi) is 4.45. The largest absolute Gasteiger partial charge is 0.352 e. The predicted molar refractivity (Wildman–Crippen MR) is 89.0 cm³/mol. The number of guanidine groups is 1. The van der Waals surface area contributed by atoms with Gasteiger partial charge in [-0.25, -0.2) is 0 Å². The van der Waals surface area contributed by atoms with Gasteiger partial charge in [-0.3, -0.25) is 4.99 Å². The summed E-state index contributed by atoms with van der Waals surface area (Å²) in [7, 11) is 2.07. The quantitative estimate of drug-likeness (QED) is 0.820. The zero-order valence-corrected chi connectivity index (χ0v) is 13.4. The van der Waals surface area contributed by atoms with E-state index in [1.165, 1.54) is 15.6 Å². The van der Waals surface area contributed by atoms with Crippen LogP contribution in [0.1, 0.15) is 5.56 Å². The molecule has 3 nitrogen and oxygen atoms in total. The van der Waals surface area contributed by atoms with Gasteiger partial charge in [0, 0.05) is 24.8 Å². The number of nitrogens with one attached hydrogen (secondary N) is 1. The maximum Gasteiger partial charge on any atom is 0.194 e. The van der Waals surface area contributed by atoms with Crippen LogP contribution >= 0.6 is 35.3 Å². The van der Waals surface area contributed by atoms with Crippen LogP contribution in [-0.2, 0) is 6.54 Å². The van der Waals surface area contributed by atoms with E-state index >= 15 is 0 Å². The number of likely N-dealkylation sites (N-methyl/N-ethyl adjacent to an activating group) is 1. The van der Waals surface area contributed by atoms with Gasteiger partial charge in [-0.15, -0.1) is 35.3 Å². The minimum atomic E-state index is 0. The summed E-state index contributed by atoms with van der Waals surface area (Å²) < 4.78 is 1.35. The normalized spacial score (nSPS) is 14.5. The van der Waals surface area contributed by atoms with Gasteiger partial charge in [-0.05, 0) is 22.4 Å². The van der Waals surface area contributed by atoms with Crippen molar-refractivity contribution in [2.24, 2.45) is 4.99 Å². The first-order valence-electron chi connectivity index (χ1n) is 5.79. The third kappa shape index (κ3) is 2.61. The average molecular weight is 373 g/mol. The standard InChI is InChI=1S/C13H15N3S.HI/c1-16-7-6-14-13(16)15-8-10-9-17-12-5-3-2-4-11(10)12;/h2-5,9H,6-8H2,1H3,(H,14,15);1H. The SMILES string of the molecule is CN1CCN=C1NCc1csc2ccccc12.I. The lowest BCUT2D eigenvalue weighted by molar-refractivity contribution is 0.534. The number of fused-ring (bicyclic) bond motifs is 1. The van der Waals surface area contributed by atoms with E-state index in [0.717, 1.165) is 25.6 Å². The minimum absolute atomic E-state index is 0. The molecule has 0 radical (unpaired) electrons. The predicted octanol–water partition coefficient (Wildman–Crippen LogP) is 2.91. The fourth-order valence-corrected chi connectivity index (χ4v) is 3.03. The smallest absolute Gasteiger partial charge is 0.194 e. The van der Waals surface area contributed by atoms with Gasteiger partial charge in [0.05, 0.1) is 6.54 Å². The fraction of sp³-hybridized carbons (Fsp3) is 0.308. The molecule has 96 valence electrons. The maximum atomic E-state index is 4.43. The number of benzene rings is 1. The van der Waals surface area contributed by atoms with Crippen molar-refractivity contribution in [2.45, 2.75) is 6.54 Å². The van der Waals surface area contributed by atoms with Crippen LogP contribution in [0.5, 0.6) is 0 Å². The first-order chi connectivity index (χ1) is 8.34. The molecule has 0 amide bonds. The van der Waals surface area contributed by atoms with Crippen molar-refractivity contribution in [2.75, 3.05) is 20.1 Å². The molecule has 3 rings (SSSR count). The molecule has 1 aromatic carbocycles. The Labute approximate surface area is 128 Å². The summed E-state index contributed by atoms with van der Waals surface area (Å²) in [6.45, 7) is 2.78. The average Bonchev–Trinajstić information content (AvgIpc) is 2.93. The van der Waals surface area contributed by atoms with Gasteiger partial charge in [0.1, 0.15) is 0 Å². The van der Waals surface area contributed by atoms with Crippen LogP contribution in [0.2, 0.25) is 0 Å². The highest BCUT2D eigenvalue weighted by Gasteiger charge is 2.12. The highest BCUT2D eigenvalue weighted by Crippen LogP contribution is 2.25. The van der Waals surface area contributed by atoms with Crippen molar-refractivity contribution < 1.29 is 0 Å². The first kappa shape index (κ1) is 13.6. The van der Waals surface area contributed by atoms with Crippen LogP contribution in [0, 0.1) is 0 Å². The van der Waals surface area contributed by atoms with Gasteiger partial charge >= 0.3 is 0 Å². The van der Waals surface area contributed by atoms with E-state index in [1.807, 2.05) is 0 Å². The Bertz CT molecular complexity index is 564. The maximum absolute atomic E-state index is 4.43. The second-order valence-electron chi connectivity index (χ2n) is 4.24. The Morgan fingerprint density at radius 3 is 3.00 bits per heavy atom. The van der Waals surface area contributed by atoms with Gasteiger partial charge in [0.2, 0.25) is 0 Å². The second-order valence-corrected chi connectivity index (χ2v) is 5.15. The van der Waals surface area contributed by atoms with Gasteiger partial charge in [-0.2, -0.15) is 0 Å². The number of aliphatic imine (C=N–C) groups is 1. The lowest BCUT2D eigenvalue weighted by atomic mass is 10.2. The zero-order valence-electron chi connectivity index (χ0n) is 10.2. The lowest BCUT2D eigenvalue weighted by Crippen LogP contribution is -2.34.